The molecule has 0 aliphatic heterocycles. The normalized spacial score (nSPS) is 12.8. The van der Waals surface area contributed by atoms with E-state index in [4.69, 9.17) is 5.73 Å². The van der Waals surface area contributed by atoms with Gasteiger partial charge in [0.25, 0.3) is 0 Å². The number of nitrogens with two attached hydrogens (primary N) is 1. The Morgan fingerprint density at radius 2 is 1.85 bits per heavy atom. The lowest BCUT2D eigenvalue weighted by Crippen LogP contribution is -2.12. The van der Waals surface area contributed by atoms with Gasteiger partial charge in [0, 0.05) is 13.6 Å². The molecule has 0 radical (unpaired) electrons. The molecule has 0 saturated heterocycles. The smallest absolute Gasteiger partial charge is 0.0577 e. The first-order valence-corrected chi connectivity index (χ1v) is 8.71. The number of hydrogen-bond acceptors (Lipinski definition) is 2. The maximum atomic E-state index is 6.49. The van der Waals surface area contributed by atoms with Crippen LogP contribution in [0.25, 0.3) is 10.1 Å². The lowest BCUT2D eigenvalue weighted by molar-refractivity contribution is 0.878. The second kappa shape index (κ2) is 5.60. The van der Waals surface area contributed by atoms with E-state index < -0.39 is 0 Å². The quantitative estimate of drug-likeness (QED) is 0.568. The molecule has 20 heavy (non-hydrogen) atoms. The van der Waals surface area contributed by atoms with Crippen molar-refractivity contribution in [2.45, 2.75) is 13.0 Å². The highest BCUT2D eigenvalue weighted by Crippen LogP contribution is 2.37. The van der Waals surface area contributed by atoms with Crippen molar-refractivity contribution < 1.29 is 0 Å². The largest absolute Gasteiger partial charge is 0.320 e. The third-order valence-corrected chi connectivity index (χ3v) is 6.07. The van der Waals surface area contributed by atoms with Crippen LogP contribution in [0.4, 0.5) is 0 Å². The van der Waals surface area contributed by atoms with Crippen molar-refractivity contribution in [2.75, 3.05) is 0 Å². The minimum Gasteiger partial charge on any atom is -0.320 e. The molecule has 0 aliphatic carbocycles. The monoisotopic (exact) mass is 409 g/mol. The SMILES string of the molecule is Cc1ccc(C(N)c2csc3c(Br)cccc23)c(Br)c1. The van der Waals surface area contributed by atoms with Gasteiger partial charge in [0.2, 0.25) is 0 Å². The Morgan fingerprint density at radius 1 is 1.05 bits per heavy atom. The molecule has 1 unspecified atom stereocenters. The van der Waals surface area contributed by atoms with Gasteiger partial charge in [0.05, 0.1) is 6.04 Å². The van der Waals surface area contributed by atoms with Crippen LogP contribution in [0, 0.1) is 6.92 Å². The van der Waals surface area contributed by atoms with Crippen LogP contribution >= 0.6 is 43.2 Å². The fourth-order valence-electron chi connectivity index (χ4n) is 2.33. The molecule has 1 nitrogen and oxygen atoms in total. The third-order valence-electron chi connectivity index (χ3n) is 3.41. The molecule has 2 N–H and O–H groups in total. The summed E-state index contributed by atoms with van der Waals surface area (Å²) in [7, 11) is 0. The van der Waals surface area contributed by atoms with Crippen molar-refractivity contribution in [3.63, 3.8) is 0 Å². The van der Waals surface area contributed by atoms with E-state index in [2.05, 4.69) is 80.6 Å². The number of benzene rings is 2. The van der Waals surface area contributed by atoms with E-state index in [-0.39, 0.29) is 6.04 Å². The molecule has 0 bridgehead atoms. The molecule has 0 aliphatic rings. The Balaban J connectivity index is 2.13. The van der Waals surface area contributed by atoms with Crippen molar-refractivity contribution in [1.82, 2.24) is 0 Å². The zero-order chi connectivity index (χ0) is 14.3. The van der Waals surface area contributed by atoms with Gasteiger partial charge in [-0.25, -0.2) is 0 Å². The summed E-state index contributed by atoms with van der Waals surface area (Å²) in [6, 6.07) is 12.5. The molecule has 4 heteroatoms. The van der Waals surface area contributed by atoms with Gasteiger partial charge >= 0.3 is 0 Å². The van der Waals surface area contributed by atoms with Gasteiger partial charge in [-0.05, 0) is 62.4 Å². The van der Waals surface area contributed by atoms with E-state index in [9.17, 15) is 0 Å². The zero-order valence-corrected chi connectivity index (χ0v) is 14.8. The van der Waals surface area contributed by atoms with E-state index in [1.54, 1.807) is 11.3 Å². The summed E-state index contributed by atoms with van der Waals surface area (Å²) in [5.74, 6) is 0. The number of halogens is 2. The molecule has 0 fully saturated rings. The molecule has 102 valence electrons. The first-order valence-electron chi connectivity index (χ1n) is 6.25. The van der Waals surface area contributed by atoms with Gasteiger partial charge in [0.1, 0.15) is 0 Å². The zero-order valence-electron chi connectivity index (χ0n) is 10.9. The lowest BCUT2D eigenvalue weighted by Gasteiger charge is -2.14. The topological polar surface area (TPSA) is 26.0 Å². The number of thiophene rings is 1. The van der Waals surface area contributed by atoms with Crippen LogP contribution in [0.15, 0.2) is 50.7 Å². The van der Waals surface area contributed by atoms with Crippen LogP contribution in [0.2, 0.25) is 0 Å². The highest BCUT2D eigenvalue weighted by atomic mass is 79.9. The number of hydrogen-bond donors (Lipinski definition) is 1. The molecule has 0 saturated carbocycles. The summed E-state index contributed by atoms with van der Waals surface area (Å²) < 4.78 is 3.45. The molecule has 1 aromatic heterocycles. The average Bonchev–Trinajstić information content (AvgIpc) is 2.83. The molecular weight excluding hydrogens is 398 g/mol. The second-order valence-corrected chi connectivity index (χ2v) is 7.40. The summed E-state index contributed by atoms with van der Waals surface area (Å²) >= 11 is 8.96. The molecule has 1 atom stereocenters. The van der Waals surface area contributed by atoms with Crippen molar-refractivity contribution in [1.29, 1.82) is 0 Å². The highest BCUT2D eigenvalue weighted by Gasteiger charge is 2.17. The third kappa shape index (κ3) is 2.46. The van der Waals surface area contributed by atoms with E-state index in [0.29, 0.717) is 0 Å². The average molecular weight is 411 g/mol. The van der Waals surface area contributed by atoms with Crippen molar-refractivity contribution in [2.24, 2.45) is 5.73 Å². The number of aryl methyl sites for hydroxylation is 1. The lowest BCUT2D eigenvalue weighted by atomic mass is 9.98. The Labute approximate surface area is 139 Å². The van der Waals surface area contributed by atoms with E-state index in [1.165, 1.54) is 21.2 Å². The number of rotatable bonds is 2. The summed E-state index contributed by atoms with van der Waals surface area (Å²) in [5.41, 5.74) is 10.0. The first kappa shape index (κ1) is 14.3. The standard InChI is InChI=1S/C16H13Br2NS/c1-9-5-6-11(14(18)7-9)15(19)12-8-20-16-10(12)3-2-4-13(16)17/h2-8,15H,19H2,1H3. The molecule has 0 amide bonds. The minimum absolute atomic E-state index is 0.118. The molecule has 3 aromatic rings. The number of fused-ring (bicyclic) bond motifs is 1. The summed E-state index contributed by atoms with van der Waals surface area (Å²) in [5, 5.41) is 3.39. The van der Waals surface area contributed by atoms with Crippen molar-refractivity contribution >= 4 is 53.3 Å². The van der Waals surface area contributed by atoms with Crippen LogP contribution in [0.1, 0.15) is 22.7 Å². The Hall–Kier alpha value is -0.680. The van der Waals surface area contributed by atoms with E-state index >= 15 is 0 Å². The molecule has 0 spiro atoms. The Bertz CT molecular complexity index is 779. The minimum atomic E-state index is -0.118. The summed E-state index contributed by atoms with van der Waals surface area (Å²) in [6.45, 7) is 2.08. The Morgan fingerprint density at radius 3 is 2.60 bits per heavy atom. The van der Waals surface area contributed by atoms with Crippen LogP contribution in [0.3, 0.4) is 0 Å². The fraction of sp³-hybridized carbons (Fsp3) is 0.125. The highest BCUT2D eigenvalue weighted by molar-refractivity contribution is 9.11. The molecule has 1 heterocycles. The maximum absolute atomic E-state index is 6.49. The predicted octanol–water partition coefficient (Wildman–Crippen LogP) is 5.78. The van der Waals surface area contributed by atoms with E-state index in [0.717, 1.165) is 14.5 Å². The van der Waals surface area contributed by atoms with Crippen LogP contribution < -0.4 is 5.73 Å². The fourth-order valence-corrected chi connectivity index (χ4v) is 4.73. The molecular formula is C16H13Br2NS. The van der Waals surface area contributed by atoms with Crippen molar-refractivity contribution in [3.05, 3.63) is 67.4 Å². The summed E-state index contributed by atoms with van der Waals surface area (Å²) in [6.07, 6.45) is 0. The van der Waals surface area contributed by atoms with Gasteiger partial charge in [-0.2, -0.15) is 0 Å². The van der Waals surface area contributed by atoms with Gasteiger partial charge in [-0.1, -0.05) is 40.2 Å². The van der Waals surface area contributed by atoms with Gasteiger partial charge in [0.15, 0.2) is 0 Å². The maximum Gasteiger partial charge on any atom is 0.0577 e. The second-order valence-electron chi connectivity index (χ2n) is 4.81. The molecule has 3 rings (SSSR count). The van der Waals surface area contributed by atoms with Gasteiger partial charge < -0.3 is 5.73 Å². The Kier molecular flexibility index (Phi) is 4.00. The van der Waals surface area contributed by atoms with Gasteiger partial charge in [-0.3, -0.25) is 0 Å². The van der Waals surface area contributed by atoms with Crippen LogP contribution in [-0.4, -0.2) is 0 Å². The van der Waals surface area contributed by atoms with Crippen LogP contribution in [0.5, 0.6) is 0 Å². The van der Waals surface area contributed by atoms with Gasteiger partial charge in [-0.15, -0.1) is 11.3 Å². The van der Waals surface area contributed by atoms with E-state index in [1.807, 2.05) is 0 Å². The van der Waals surface area contributed by atoms with Crippen LogP contribution in [-0.2, 0) is 0 Å². The molecule has 2 aromatic carbocycles. The predicted molar refractivity (Wildman–Crippen MR) is 94.4 cm³/mol. The van der Waals surface area contributed by atoms with Crippen molar-refractivity contribution in [3.8, 4) is 0 Å². The first-order chi connectivity index (χ1) is 9.58. The summed E-state index contributed by atoms with van der Waals surface area (Å²) in [4.78, 5) is 0.